The normalized spacial score (nSPS) is 17.8. The van der Waals surface area contributed by atoms with Gasteiger partial charge in [0.25, 0.3) is 11.8 Å². The van der Waals surface area contributed by atoms with Crippen molar-refractivity contribution < 1.29 is 33.5 Å². The lowest BCUT2D eigenvalue weighted by atomic mass is 10.0. The number of aromatic nitrogens is 1. The van der Waals surface area contributed by atoms with Gasteiger partial charge in [-0.05, 0) is 16.7 Å². The third-order valence-electron chi connectivity index (χ3n) is 6.70. The molecule has 3 heterocycles. The van der Waals surface area contributed by atoms with Crippen LogP contribution in [0.15, 0.2) is 95.1 Å². The fraction of sp³-hybridized carbons (Fsp3) is 0.200. The molecule has 0 aliphatic carbocycles. The van der Waals surface area contributed by atoms with Gasteiger partial charge in [0, 0.05) is 11.1 Å². The topological polar surface area (TPSA) is 163 Å². The summed E-state index contributed by atoms with van der Waals surface area (Å²) in [5, 5.41) is 7.47. The van der Waals surface area contributed by atoms with Crippen LogP contribution in [-0.2, 0) is 33.5 Å². The average Bonchev–Trinajstić information content (AvgIpc) is 3.49. The van der Waals surface area contributed by atoms with Crippen LogP contribution in [0.25, 0.3) is 0 Å². The van der Waals surface area contributed by atoms with Gasteiger partial charge in [-0.1, -0.05) is 78.5 Å². The number of allylic oxidation sites excluding steroid dienone is 1. The Balaban J connectivity index is 1.36. The van der Waals surface area contributed by atoms with Crippen molar-refractivity contribution in [1.29, 1.82) is 0 Å². The number of anilines is 1. The molecule has 0 bridgehead atoms. The highest BCUT2D eigenvalue weighted by molar-refractivity contribution is 8.00. The highest BCUT2D eigenvalue weighted by atomic mass is 32.2. The van der Waals surface area contributed by atoms with Crippen LogP contribution in [0.5, 0.6) is 0 Å². The van der Waals surface area contributed by atoms with E-state index in [0.29, 0.717) is 11.3 Å². The van der Waals surface area contributed by atoms with Gasteiger partial charge in [-0.25, -0.2) is 14.6 Å². The molecule has 0 radical (unpaired) electrons. The first-order chi connectivity index (χ1) is 21.3. The van der Waals surface area contributed by atoms with Crippen molar-refractivity contribution in [1.82, 2.24) is 15.2 Å². The van der Waals surface area contributed by atoms with Crippen molar-refractivity contribution >= 4 is 57.7 Å². The summed E-state index contributed by atoms with van der Waals surface area (Å²) in [4.78, 5) is 62.4. The van der Waals surface area contributed by atoms with E-state index in [9.17, 15) is 19.2 Å². The molecule has 2 aromatic carbocycles. The van der Waals surface area contributed by atoms with Gasteiger partial charge < -0.3 is 25.4 Å². The van der Waals surface area contributed by atoms with Gasteiger partial charge >= 0.3 is 11.9 Å². The predicted octanol–water partition coefficient (Wildman–Crippen LogP) is 2.79. The number of nitrogens with zero attached hydrogens (tertiary/aromatic N) is 3. The summed E-state index contributed by atoms with van der Waals surface area (Å²) in [6.07, 6.45) is 0.799. The van der Waals surface area contributed by atoms with E-state index in [1.54, 1.807) is 0 Å². The molecule has 3 aromatic rings. The maximum Gasteiger partial charge on any atom is 0.356 e. The number of nitrogens with two attached hydrogens (primary N) is 1. The second-order valence-corrected chi connectivity index (χ2v) is 11.4. The van der Waals surface area contributed by atoms with Crippen molar-refractivity contribution in [2.45, 2.75) is 17.5 Å². The number of hydrogen-bond acceptors (Lipinski definition) is 12. The Morgan fingerprint density at radius 2 is 1.82 bits per heavy atom. The summed E-state index contributed by atoms with van der Waals surface area (Å²) >= 11 is 2.43. The van der Waals surface area contributed by atoms with E-state index < -0.39 is 47.9 Å². The zero-order valence-electron chi connectivity index (χ0n) is 23.4. The van der Waals surface area contributed by atoms with Crippen LogP contribution in [0.4, 0.5) is 5.13 Å². The van der Waals surface area contributed by atoms with Crippen molar-refractivity contribution in [2.75, 3.05) is 25.2 Å². The smallest absolute Gasteiger partial charge is 0.356 e. The van der Waals surface area contributed by atoms with E-state index in [0.717, 1.165) is 22.5 Å². The van der Waals surface area contributed by atoms with Crippen LogP contribution in [0.3, 0.4) is 0 Å². The number of thioether (sulfide) groups is 1. The number of fused-ring (bicyclic) bond motifs is 1. The standard InChI is InChI=1S/C30H27N5O7S2/c1-3-17-15-43-28-23(33-26(37)22(20-16-44-30(31)32-20)34-41-14-21(36)40-2)27(38)35(28)24(17)29(39)42-25(18-10-6-4-7-11-18)19-12-8-5-9-13-19/h3-13,16,23,25,28H,1,14-15H2,2H3,(H2,31,32)(H,33,37)/t23?,28-/m1/s1. The van der Waals surface area contributed by atoms with Crippen LogP contribution in [0, 0.1) is 0 Å². The van der Waals surface area contributed by atoms with Crippen LogP contribution in [0.2, 0.25) is 0 Å². The number of esters is 2. The highest BCUT2D eigenvalue weighted by Gasteiger charge is 2.54. The van der Waals surface area contributed by atoms with Crippen LogP contribution < -0.4 is 11.1 Å². The minimum Gasteiger partial charge on any atom is -0.466 e. The van der Waals surface area contributed by atoms with E-state index in [4.69, 9.17) is 15.3 Å². The number of amides is 2. The van der Waals surface area contributed by atoms with Crippen LogP contribution in [-0.4, -0.2) is 70.2 Å². The monoisotopic (exact) mass is 633 g/mol. The molecule has 1 aromatic heterocycles. The van der Waals surface area contributed by atoms with E-state index in [1.807, 2.05) is 60.7 Å². The summed E-state index contributed by atoms with van der Waals surface area (Å²) in [5.74, 6) is -2.36. The molecule has 2 aliphatic heterocycles. The number of nitrogen functional groups attached to an aromatic ring is 1. The number of oxime groups is 1. The molecular weight excluding hydrogens is 606 g/mol. The largest absolute Gasteiger partial charge is 0.466 e. The Kier molecular flexibility index (Phi) is 9.41. The lowest BCUT2D eigenvalue weighted by molar-refractivity contribution is -0.154. The molecule has 2 aliphatic rings. The van der Waals surface area contributed by atoms with E-state index >= 15 is 0 Å². The maximum atomic E-state index is 13.8. The van der Waals surface area contributed by atoms with Crippen LogP contribution >= 0.6 is 23.1 Å². The number of methoxy groups -OCH3 is 1. The van der Waals surface area contributed by atoms with Crippen molar-refractivity contribution in [3.63, 3.8) is 0 Å². The number of rotatable bonds is 11. The van der Waals surface area contributed by atoms with E-state index in [2.05, 4.69) is 26.8 Å². The fourth-order valence-corrected chi connectivity index (χ4v) is 6.44. The quantitative estimate of drug-likeness (QED) is 0.139. The molecule has 5 rings (SSSR count). The SMILES string of the molecule is C=CC1=C(C(=O)OC(c2ccccc2)c2ccccc2)N2C(=O)C(NC(=O)C(=NOCC(=O)OC)c3csc(N)n3)[C@H]2SC1. The van der Waals surface area contributed by atoms with Gasteiger partial charge in [-0.3, -0.25) is 14.5 Å². The number of hydrogen-bond donors (Lipinski definition) is 2. The molecule has 0 saturated carbocycles. The van der Waals surface area contributed by atoms with Gasteiger partial charge in [0.1, 0.15) is 22.8 Å². The third-order valence-corrected chi connectivity index (χ3v) is 8.68. The molecule has 1 fully saturated rings. The molecule has 1 unspecified atom stereocenters. The maximum absolute atomic E-state index is 13.8. The minimum absolute atomic E-state index is 0.0682. The van der Waals surface area contributed by atoms with Crippen molar-refractivity contribution in [3.8, 4) is 0 Å². The summed E-state index contributed by atoms with van der Waals surface area (Å²) in [6, 6.07) is 17.6. The number of carbonyl (C=O) groups is 4. The molecule has 2 amide bonds. The molecule has 3 N–H and O–H groups in total. The molecule has 2 atom stereocenters. The molecule has 1 saturated heterocycles. The number of thiazole rings is 1. The number of carbonyl (C=O) groups excluding carboxylic acids is 4. The number of ether oxygens (including phenoxy) is 2. The number of β-lactam (4-membered cyclic amide) rings is 1. The van der Waals surface area contributed by atoms with Gasteiger partial charge in [0.15, 0.2) is 16.9 Å². The van der Waals surface area contributed by atoms with Gasteiger partial charge in [0.2, 0.25) is 6.61 Å². The van der Waals surface area contributed by atoms with Gasteiger partial charge in [-0.2, -0.15) is 0 Å². The minimum atomic E-state index is -0.998. The lowest BCUT2D eigenvalue weighted by Crippen LogP contribution is -2.71. The summed E-state index contributed by atoms with van der Waals surface area (Å²) in [7, 11) is 1.18. The Labute approximate surface area is 260 Å². The van der Waals surface area contributed by atoms with Crippen molar-refractivity contribution in [3.05, 3.63) is 107 Å². The summed E-state index contributed by atoms with van der Waals surface area (Å²) in [5.41, 5.74) is 7.66. The van der Waals surface area contributed by atoms with Gasteiger partial charge in [0.05, 0.1) is 7.11 Å². The van der Waals surface area contributed by atoms with Crippen LogP contribution in [0.1, 0.15) is 22.9 Å². The summed E-state index contributed by atoms with van der Waals surface area (Å²) in [6.45, 7) is 3.28. The predicted molar refractivity (Wildman–Crippen MR) is 164 cm³/mol. The zero-order chi connectivity index (χ0) is 31.2. The molecule has 226 valence electrons. The molecule has 44 heavy (non-hydrogen) atoms. The highest BCUT2D eigenvalue weighted by Crippen LogP contribution is 2.42. The summed E-state index contributed by atoms with van der Waals surface area (Å²) < 4.78 is 10.6. The zero-order valence-corrected chi connectivity index (χ0v) is 25.0. The molecule has 0 spiro atoms. The Morgan fingerprint density at radius 3 is 2.39 bits per heavy atom. The number of benzene rings is 2. The second kappa shape index (κ2) is 13.6. The van der Waals surface area contributed by atoms with Gasteiger partial charge in [-0.15, -0.1) is 23.1 Å². The van der Waals surface area contributed by atoms with E-state index in [1.165, 1.54) is 35.2 Å². The second-order valence-electron chi connectivity index (χ2n) is 9.41. The first kappa shape index (κ1) is 30.5. The van der Waals surface area contributed by atoms with Crippen molar-refractivity contribution in [2.24, 2.45) is 5.16 Å². The Bertz CT molecular complexity index is 1600. The Hall–Kier alpha value is -4.95. The lowest BCUT2D eigenvalue weighted by Gasteiger charge is -2.49. The fourth-order valence-electron chi connectivity index (χ4n) is 4.55. The number of nitrogens with one attached hydrogen (secondary N) is 1. The Morgan fingerprint density at radius 1 is 1.16 bits per heavy atom. The molecule has 12 nitrogen and oxygen atoms in total. The average molecular weight is 634 g/mol. The molecule has 14 heteroatoms. The first-order valence-corrected chi connectivity index (χ1v) is 15.1. The first-order valence-electron chi connectivity index (χ1n) is 13.2. The molecular formula is C30H27N5O7S2. The third kappa shape index (κ3) is 6.35. The van der Waals surface area contributed by atoms with E-state index in [-0.39, 0.29) is 22.2 Å².